The maximum Gasteiger partial charge on any atom is 0.471 e. The fourth-order valence-electron chi connectivity index (χ4n) is 5.62. The summed E-state index contributed by atoms with van der Waals surface area (Å²) in [5.41, 5.74) is 1.13. The normalized spacial score (nSPS) is 13.5. The highest BCUT2D eigenvalue weighted by Gasteiger charge is 2.44. The third-order valence-corrected chi connectivity index (χ3v) is 8.42. The molecule has 1 aliphatic carbocycles. The number of nitrogens with zero attached hydrogens (tertiary/aromatic N) is 5. The van der Waals surface area contributed by atoms with Gasteiger partial charge in [-0.25, -0.2) is 4.98 Å². The molecule has 51 heavy (non-hydrogen) atoms. The van der Waals surface area contributed by atoms with Crippen molar-refractivity contribution in [3.8, 4) is 11.8 Å². The predicted molar refractivity (Wildman–Crippen MR) is 172 cm³/mol. The van der Waals surface area contributed by atoms with Gasteiger partial charge in [-0.1, -0.05) is 12.1 Å². The Labute approximate surface area is 288 Å². The number of aliphatic hydroxyl groups excluding tert-OH is 1. The van der Waals surface area contributed by atoms with Gasteiger partial charge in [0.25, 0.3) is 0 Å². The molecule has 270 valence electrons. The summed E-state index contributed by atoms with van der Waals surface area (Å²) in [5, 5.41) is 20.2. The van der Waals surface area contributed by atoms with Gasteiger partial charge in [0.15, 0.2) is 0 Å². The molecule has 2 aromatic carbocycles. The van der Waals surface area contributed by atoms with Crippen LogP contribution in [0.5, 0.6) is 5.75 Å². The van der Waals surface area contributed by atoms with Crippen LogP contribution in [0.3, 0.4) is 0 Å². The Bertz CT molecular complexity index is 1930. The number of fused-ring (bicyclic) bond motifs is 3. The molecule has 1 fully saturated rings. The van der Waals surface area contributed by atoms with Gasteiger partial charge in [0.2, 0.25) is 0 Å². The maximum absolute atomic E-state index is 13.8. The zero-order valence-electron chi connectivity index (χ0n) is 27.1. The molecule has 1 saturated carbocycles. The van der Waals surface area contributed by atoms with Gasteiger partial charge < -0.3 is 19.5 Å². The van der Waals surface area contributed by atoms with E-state index in [1.807, 2.05) is 6.07 Å². The van der Waals surface area contributed by atoms with Crippen LogP contribution in [0.15, 0.2) is 54.9 Å². The lowest BCUT2D eigenvalue weighted by Gasteiger charge is -2.28. The molecule has 0 atom stereocenters. The van der Waals surface area contributed by atoms with Crippen molar-refractivity contribution in [2.45, 2.75) is 63.7 Å². The van der Waals surface area contributed by atoms with Crippen LogP contribution in [-0.4, -0.2) is 76.5 Å². The predicted octanol–water partition coefficient (Wildman–Crippen LogP) is 6.36. The van der Waals surface area contributed by atoms with Gasteiger partial charge in [0.05, 0.1) is 43.0 Å². The van der Waals surface area contributed by atoms with Crippen molar-refractivity contribution < 1.29 is 50.5 Å². The van der Waals surface area contributed by atoms with E-state index in [9.17, 15) is 46.3 Å². The number of anilines is 1. The van der Waals surface area contributed by atoms with Crippen LogP contribution in [0.1, 0.15) is 48.8 Å². The van der Waals surface area contributed by atoms with E-state index in [1.54, 1.807) is 12.1 Å². The zero-order valence-corrected chi connectivity index (χ0v) is 27.1. The molecule has 0 spiro atoms. The van der Waals surface area contributed by atoms with Gasteiger partial charge in [-0.3, -0.25) is 19.5 Å². The van der Waals surface area contributed by atoms with Crippen LogP contribution in [0.2, 0.25) is 0 Å². The molecule has 10 nitrogen and oxygen atoms in total. The highest BCUT2D eigenvalue weighted by atomic mass is 19.4. The Morgan fingerprint density at radius 1 is 0.922 bits per heavy atom. The Balaban J connectivity index is 1.23. The van der Waals surface area contributed by atoms with Crippen LogP contribution in [0.4, 0.5) is 32.2 Å². The quantitative estimate of drug-likeness (QED) is 0.0907. The SMILES string of the molecule is N#Cc1ccc2c(c1)nc(N(CCOCCCCN(Cc1ccc(OC3CCC3)c(CO)c1)C(=O)C(F)(F)F)C(=O)C(F)(F)F)c1ccncc12. The smallest absolute Gasteiger partial charge is 0.471 e. The van der Waals surface area contributed by atoms with E-state index < -0.39 is 37.3 Å². The van der Waals surface area contributed by atoms with Crippen LogP contribution in [-0.2, 0) is 27.5 Å². The summed E-state index contributed by atoms with van der Waals surface area (Å²) in [6, 6.07) is 12.5. The minimum atomic E-state index is -5.26. The van der Waals surface area contributed by atoms with Crippen LogP contribution in [0.25, 0.3) is 21.7 Å². The number of benzene rings is 2. The minimum absolute atomic E-state index is 0.0198. The fraction of sp³-hybridized carbons (Fsp3) is 0.400. The highest BCUT2D eigenvalue weighted by molar-refractivity contribution is 6.13. The third-order valence-electron chi connectivity index (χ3n) is 8.42. The number of aliphatic hydroxyl groups is 1. The average Bonchev–Trinajstić information content (AvgIpc) is 3.08. The summed E-state index contributed by atoms with van der Waals surface area (Å²) in [6.45, 7) is -2.14. The first-order valence-corrected chi connectivity index (χ1v) is 16.1. The molecule has 2 aromatic heterocycles. The largest absolute Gasteiger partial charge is 0.490 e. The summed E-state index contributed by atoms with van der Waals surface area (Å²) in [6.07, 6.45) is -4.65. The van der Waals surface area contributed by atoms with Crippen molar-refractivity contribution in [2.75, 3.05) is 31.2 Å². The fourth-order valence-corrected chi connectivity index (χ4v) is 5.62. The number of carbonyl (C=O) groups excluding carboxylic acids is 2. The number of pyridine rings is 2. The lowest BCUT2D eigenvalue weighted by atomic mass is 9.96. The molecule has 1 aliphatic rings. The summed E-state index contributed by atoms with van der Waals surface area (Å²) in [4.78, 5) is 34.3. The van der Waals surface area contributed by atoms with Crippen molar-refractivity contribution in [3.05, 3.63) is 71.5 Å². The molecule has 0 saturated heterocycles. The van der Waals surface area contributed by atoms with Crippen molar-refractivity contribution in [3.63, 3.8) is 0 Å². The molecular weight excluding hydrogens is 684 g/mol. The number of carbonyl (C=O) groups is 2. The second-order valence-corrected chi connectivity index (χ2v) is 12.0. The molecule has 1 N–H and O–H groups in total. The molecule has 0 aliphatic heterocycles. The van der Waals surface area contributed by atoms with E-state index in [0.29, 0.717) is 37.4 Å². The standard InChI is InChI=1S/C35H33F6N5O5/c36-34(37,38)32(48)45(20-23-7-9-30(24(16-23)21-47)51-25-4-3-5-25)12-1-2-14-50-15-13-46(33(49)35(39,40)41)31-27-10-11-43-19-28(27)26-8-6-22(18-42)17-29(26)44-31/h6-11,16-17,19,25,47H,1-5,12-15,20-21H2. The molecular formula is C35H33F6N5O5. The van der Waals surface area contributed by atoms with Crippen LogP contribution in [0, 0.1) is 11.3 Å². The Morgan fingerprint density at radius 3 is 2.35 bits per heavy atom. The van der Waals surface area contributed by atoms with E-state index in [1.165, 1.54) is 42.7 Å². The minimum Gasteiger partial charge on any atom is -0.490 e. The Kier molecular flexibility index (Phi) is 11.6. The van der Waals surface area contributed by atoms with E-state index >= 15 is 0 Å². The molecule has 0 unspecified atom stereocenters. The number of alkyl halides is 6. The van der Waals surface area contributed by atoms with E-state index in [2.05, 4.69) is 9.97 Å². The van der Waals surface area contributed by atoms with Crippen LogP contribution < -0.4 is 9.64 Å². The molecule has 0 bridgehead atoms. The van der Waals surface area contributed by atoms with Crippen LogP contribution >= 0.6 is 0 Å². The zero-order chi connectivity index (χ0) is 36.8. The maximum atomic E-state index is 13.8. The molecule has 2 heterocycles. The number of unbranched alkanes of at least 4 members (excludes halogenated alkanes) is 1. The number of nitriles is 1. The lowest BCUT2D eigenvalue weighted by molar-refractivity contribution is -0.186. The number of hydrogen-bond donors (Lipinski definition) is 1. The first-order chi connectivity index (χ1) is 24.3. The van der Waals surface area contributed by atoms with E-state index in [0.717, 1.165) is 19.3 Å². The number of amides is 2. The summed E-state index contributed by atoms with van der Waals surface area (Å²) < 4.78 is 92.9. The van der Waals surface area contributed by atoms with Crippen molar-refractivity contribution in [2.24, 2.45) is 0 Å². The number of halogens is 6. The van der Waals surface area contributed by atoms with Gasteiger partial charge in [0.1, 0.15) is 11.6 Å². The Morgan fingerprint density at radius 2 is 1.69 bits per heavy atom. The summed E-state index contributed by atoms with van der Waals surface area (Å²) in [5.74, 6) is -4.12. The monoisotopic (exact) mass is 717 g/mol. The first-order valence-electron chi connectivity index (χ1n) is 16.1. The van der Waals surface area contributed by atoms with Gasteiger partial charge >= 0.3 is 24.2 Å². The average molecular weight is 718 g/mol. The number of ether oxygens (including phenoxy) is 2. The molecule has 16 heteroatoms. The van der Waals surface area contributed by atoms with Gasteiger partial charge in [0, 0.05) is 53.8 Å². The van der Waals surface area contributed by atoms with Crippen molar-refractivity contribution in [1.82, 2.24) is 14.9 Å². The Hall–Kier alpha value is -5.01. The van der Waals surface area contributed by atoms with E-state index in [-0.39, 0.29) is 67.5 Å². The second kappa shape index (κ2) is 15.9. The topological polar surface area (TPSA) is 129 Å². The first kappa shape index (κ1) is 37.3. The lowest BCUT2D eigenvalue weighted by Crippen LogP contribution is -2.43. The molecule has 2 amide bonds. The van der Waals surface area contributed by atoms with Gasteiger partial charge in [-0.2, -0.15) is 31.6 Å². The second-order valence-electron chi connectivity index (χ2n) is 12.0. The molecule has 4 aromatic rings. The summed E-state index contributed by atoms with van der Waals surface area (Å²) in [7, 11) is 0. The van der Waals surface area contributed by atoms with Gasteiger partial charge in [-0.05, 0) is 68.0 Å². The van der Waals surface area contributed by atoms with Gasteiger partial charge in [-0.15, -0.1) is 0 Å². The van der Waals surface area contributed by atoms with Crippen molar-refractivity contribution >= 4 is 39.3 Å². The number of aromatic nitrogens is 2. The highest BCUT2D eigenvalue weighted by Crippen LogP contribution is 2.34. The van der Waals surface area contributed by atoms with Crippen molar-refractivity contribution in [1.29, 1.82) is 5.26 Å². The molecule has 0 radical (unpaired) electrons. The number of hydrogen-bond acceptors (Lipinski definition) is 8. The molecule has 5 rings (SSSR count). The summed E-state index contributed by atoms with van der Waals surface area (Å²) >= 11 is 0. The third kappa shape index (κ3) is 9.02. The van der Waals surface area contributed by atoms with E-state index in [4.69, 9.17) is 9.47 Å². The number of rotatable bonds is 14.